The molecule has 0 aliphatic carbocycles. The van der Waals surface area contributed by atoms with Crippen LogP contribution in [0.5, 0.6) is 0 Å². The van der Waals surface area contributed by atoms with Gasteiger partial charge in [-0.25, -0.2) is 4.98 Å². The predicted molar refractivity (Wildman–Crippen MR) is 162 cm³/mol. The lowest BCUT2D eigenvalue weighted by Gasteiger charge is -2.27. The van der Waals surface area contributed by atoms with Gasteiger partial charge in [0.05, 0.1) is 31.0 Å². The fourth-order valence-corrected chi connectivity index (χ4v) is 4.82. The van der Waals surface area contributed by atoms with E-state index in [9.17, 15) is 9.59 Å². The van der Waals surface area contributed by atoms with Crippen LogP contribution in [0.3, 0.4) is 0 Å². The number of thiazole rings is 1. The Hall–Kier alpha value is -2.97. The number of carbonyl (C=O) groups excluding carboxylic acids is 2. The topological polar surface area (TPSA) is 85.3 Å². The van der Waals surface area contributed by atoms with E-state index in [1.807, 2.05) is 26.3 Å². The van der Waals surface area contributed by atoms with Crippen molar-refractivity contribution >= 4 is 28.3 Å². The molecular formula is C31H46N4O3S. The van der Waals surface area contributed by atoms with Gasteiger partial charge in [-0.05, 0) is 48.9 Å². The number of nitrogens with one attached hydrogen (secondary N) is 2. The number of carbonyl (C=O) groups is 2. The van der Waals surface area contributed by atoms with E-state index in [0.29, 0.717) is 10.7 Å². The van der Waals surface area contributed by atoms with Crippen LogP contribution in [0.1, 0.15) is 75.4 Å². The van der Waals surface area contributed by atoms with Gasteiger partial charge in [0.2, 0.25) is 5.91 Å². The average molecular weight is 555 g/mol. The zero-order chi connectivity index (χ0) is 28.8. The Morgan fingerprint density at radius 3 is 2.51 bits per heavy atom. The molecule has 0 radical (unpaired) electrons. The summed E-state index contributed by atoms with van der Waals surface area (Å²) in [5.74, 6) is 1.21. The summed E-state index contributed by atoms with van der Waals surface area (Å²) in [6, 6.07) is 8.05. The predicted octanol–water partition coefficient (Wildman–Crippen LogP) is 6.87. The van der Waals surface area contributed by atoms with Crippen LogP contribution in [0.15, 0.2) is 42.0 Å². The number of ether oxygens (including phenoxy) is 1. The zero-order valence-corrected chi connectivity index (χ0v) is 25.5. The highest BCUT2D eigenvalue weighted by molar-refractivity contribution is 7.14. The molecule has 1 aromatic carbocycles. The summed E-state index contributed by atoms with van der Waals surface area (Å²) in [6.07, 6.45) is 8.36. The van der Waals surface area contributed by atoms with Crippen molar-refractivity contribution in [3.63, 3.8) is 0 Å². The Balaban J connectivity index is 0.000000407. The maximum Gasteiger partial charge on any atom is 0.253 e. The maximum atomic E-state index is 12.1. The lowest BCUT2D eigenvalue weighted by Crippen LogP contribution is -2.32. The monoisotopic (exact) mass is 554 g/mol. The van der Waals surface area contributed by atoms with Crippen LogP contribution >= 0.6 is 11.3 Å². The van der Waals surface area contributed by atoms with E-state index in [1.165, 1.54) is 35.3 Å². The molecule has 8 heteroatoms. The van der Waals surface area contributed by atoms with E-state index in [2.05, 4.69) is 61.5 Å². The zero-order valence-electron chi connectivity index (χ0n) is 24.7. The van der Waals surface area contributed by atoms with E-state index in [0.717, 1.165) is 49.1 Å². The molecule has 1 atom stereocenters. The van der Waals surface area contributed by atoms with Crippen molar-refractivity contribution in [1.82, 2.24) is 14.9 Å². The number of benzene rings is 1. The number of aryl methyl sites for hydroxylation is 3. The quantitative estimate of drug-likeness (QED) is 0.286. The summed E-state index contributed by atoms with van der Waals surface area (Å²) in [4.78, 5) is 28.6. The highest BCUT2D eigenvalue weighted by Gasteiger charge is 2.19. The third-order valence-electron chi connectivity index (χ3n) is 6.55. The lowest BCUT2D eigenvalue weighted by molar-refractivity contribution is -0.115. The number of amides is 2. The summed E-state index contributed by atoms with van der Waals surface area (Å²) in [6.45, 7) is 14.8. The molecule has 1 saturated heterocycles. The molecule has 2 amide bonds. The minimum absolute atomic E-state index is 0.104. The smallest absolute Gasteiger partial charge is 0.253 e. The second-order valence-electron chi connectivity index (χ2n) is 9.88. The van der Waals surface area contributed by atoms with E-state index in [4.69, 9.17) is 4.74 Å². The van der Waals surface area contributed by atoms with Gasteiger partial charge >= 0.3 is 0 Å². The Labute approximate surface area is 238 Å². The molecule has 2 aromatic heterocycles. The molecule has 214 valence electrons. The first-order valence-corrected chi connectivity index (χ1v) is 15.0. The van der Waals surface area contributed by atoms with Crippen molar-refractivity contribution < 1.29 is 14.3 Å². The lowest BCUT2D eigenvalue weighted by atomic mass is 9.93. The third-order valence-corrected chi connectivity index (χ3v) is 7.31. The Morgan fingerprint density at radius 2 is 1.95 bits per heavy atom. The summed E-state index contributed by atoms with van der Waals surface area (Å²) >= 11 is 1.37. The second kappa shape index (κ2) is 16.9. The second-order valence-corrected chi connectivity index (χ2v) is 10.7. The summed E-state index contributed by atoms with van der Waals surface area (Å²) in [5, 5.41) is 7.79. The van der Waals surface area contributed by atoms with Gasteiger partial charge in [0.1, 0.15) is 0 Å². The van der Waals surface area contributed by atoms with Gasteiger partial charge in [0, 0.05) is 36.3 Å². The summed E-state index contributed by atoms with van der Waals surface area (Å²) < 4.78 is 6.86. The van der Waals surface area contributed by atoms with Crippen LogP contribution in [-0.4, -0.2) is 41.1 Å². The Morgan fingerprint density at radius 1 is 1.21 bits per heavy atom. The first kappa shape index (κ1) is 32.2. The normalized spacial score (nSPS) is 13.2. The van der Waals surface area contributed by atoms with Crippen molar-refractivity contribution in [2.24, 2.45) is 18.9 Å². The summed E-state index contributed by atoms with van der Waals surface area (Å²) in [7, 11) is 1.84. The standard InChI is InChI=1S/C21H24N4O2S.C8H16O.C2H6/c1-4-5-15-6-7-16(10-14(15)2)18-13-28-21(23-18)24-19(26)11-22-20(27)17-8-9-25(3)12-17;1-3-7(2)4-8-5-9-6-8;1-2/h6-10,12-13H,4-5,11H2,1-3H3,(H,22,27)(H,23,24,26);7-8H,3-6H2,1-2H3;1-2H3. The molecule has 3 heterocycles. The minimum atomic E-state index is -0.306. The van der Waals surface area contributed by atoms with Crippen molar-refractivity contribution in [1.29, 1.82) is 0 Å². The average Bonchev–Trinajstić information content (AvgIpc) is 3.56. The van der Waals surface area contributed by atoms with Crippen molar-refractivity contribution in [2.45, 2.75) is 67.2 Å². The van der Waals surface area contributed by atoms with Gasteiger partial charge in [-0.1, -0.05) is 59.6 Å². The van der Waals surface area contributed by atoms with Gasteiger partial charge in [0.25, 0.3) is 5.91 Å². The molecule has 0 spiro atoms. The minimum Gasteiger partial charge on any atom is -0.381 e. The molecule has 39 heavy (non-hydrogen) atoms. The fourth-order valence-electron chi connectivity index (χ4n) is 4.09. The molecular weight excluding hydrogens is 508 g/mol. The highest BCUT2D eigenvalue weighted by Crippen LogP contribution is 2.27. The molecule has 3 aromatic rings. The molecule has 2 N–H and O–H groups in total. The van der Waals surface area contributed by atoms with Crippen molar-refractivity contribution in [2.75, 3.05) is 25.1 Å². The summed E-state index contributed by atoms with van der Waals surface area (Å²) in [5.41, 5.74) is 4.99. The molecule has 7 nitrogen and oxygen atoms in total. The largest absolute Gasteiger partial charge is 0.381 e. The van der Waals surface area contributed by atoms with E-state index in [1.54, 1.807) is 23.0 Å². The van der Waals surface area contributed by atoms with E-state index in [-0.39, 0.29) is 18.4 Å². The molecule has 1 unspecified atom stereocenters. The molecule has 4 rings (SSSR count). The van der Waals surface area contributed by atoms with E-state index < -0.39 is 0 Å². The molecule has 0 saturated carbocycles. The number of hydrogen-bond acceptors (Lipinski definition) is 5. The van der Waals surface area contributed by atoms with Crippen LogP contribution < -0.4 is 10.6 Å². The Bertz CT molecular complexity index is 1160. The SMILES string of the molecule is CC.CCC(C)CC1COC1.CCCc1ccc(-c2csc(NC(=O)CNC(=O)c3ccn(C)c3)n2)cc1C. The van der Waals surface area contributed by atoms with Crippen LogP contribution in [0.4, 0.5) is 5.13 Å². The van der Waals surface area contributed by atoms with Gasteiger partial charge in [-0.2, -0.15) is 0 Å². The first-order chi connectivity index (χ1) is 18.8. The number of anilines is 1. The van der Waals surface area contributed by atoms with Gasteiger partial charge in [-0.3, -0.25) is 9.59 Å². The van der Waals surface area contributed by atoms with Crippen molar-refractivity contribution in [3.05, 3.63) is 58.7 Å². The maximum absolute atomic E-state index is 12.1. The number of rotatable bonds is 10. The van der Waals surface area contributed by atoms with Gasteiger partial charge in [-0.15, -0.1) is 11.3 Å². The fraction of sp³-hybridized carbons (Fsp3) is 0.516. The van der Waals surface area contributed by atoms with Crippen LogP contribution in [0.2, 0.25) is 0 Å². The van der Waals surface area contributed by atoms with Crippen molar-refractivity contribution in [3.8, 4) is 11.3 Å². The Kier molecular flexibility index (Phi) is 14.0. The van der Waals surface area contributed by atoms with Gasteiger partial charge in [0.15, 0.2) is 5.13 Å². The number of hydrogen-bond donors (Lipinski definition) is 2. The highest BCUT2D eigenvalue weighted by atomic mass is 32.1. The van der Waals surface area contributed by atoms with Crippen LogP contribution in [-0.2, 0) is 23.0 Å². The number of aromatic nitrogens is 2. The molecule has 1 fully saturated rings. The third kappa shape index (κ3) is 10.6. The van der Waals surface area contributed by atoms with Crippen LogP contribution in [0.25, 0.3) is 11.3 Å². The first-order valence-electron chi connectivity index (χ1n) is 14.1. The molecule has 1 aliphatic rings. The van der Waals surface area contributed by atoms with E-state index >= 15 is 0 Å². The van der Waals surface area contributed by atoms with Gasteiger partial charge < -0.3 is 19.9 Å². The molecule has 1 aliphatic heterocycles. The molecule has 0 bridgehead atoms. The van der Waals surface area contributed by atoms with Crippen LogP contribution in [0, 0.1) is 18.8 Å². The number of nitrogens with zero attached hydrogens (tertiary/aromatic N) is 2.